The third-order valence-corrected chi connectivity index (χ3v) is 4.57. The molecule has 0 aromatic carbocycles. The van der Waals surface area contributed by atoms with Crippen molar-refractivity contribution >= 4 is 33.9 Å². The Morgan fingerprint density at radius 3 is 2.20 bits per heavy atom. The number of alkyl halides is 1. The average Bonchev–Trinajstić information content (AvgIpc) is 2.45. The van der Waals surface area contributed by atoms with E-state index in [0.29, 0.717) is 6.42 Å². The van der Waals surface area contributed by atoms with E-state index >= 15 is 0 Å². The normalized spacial score (nSPS) is 10.7. The highest BCUT2D eigenvalue weighted by Crippen LogP contribution is 2.13. The number of rotatable bonds is 15. The number of hydrogen-bond acceptors (Lipinski definition) is 3. The van der Waals surface area contributed by atoms with Crippen LogP contribution in [0, 0.1) is 0 Å². The molecule has 0 saturated carbocycles. The summed E-state index contributed by atoms with van der Waals surface area (Å²) in [5.41, 5.74) is 0. The molecule has 0 saturated heterocycles. The van der Waals surface area contributed by atoms with Gasteiger partial charge in [0.05, 0.1) is 12.0 Å². The fraction of sp³-hybridized carbons (Fsp3) is 0.938. The lowest BCUT2D eigenvalue weighted by Gasteiger charge is -2.03. The first kappa shape index (κ1) is 20.3. The van der Waals surface area contributed by atoms with Crippen molar-refractivity contribution < 1.29 is 8.98 Å². The molecule has 20 heavy (non-hydrogen) atoms. The van der Waals surface area contributed by atoms with Gasteiger partial charge in [-0.15, -0.1) is 0 Å². The van der Waals surface area contributed by atoms with Gasteiger partial charge in [-0.25, -0.2) is 0 Å². The predicted molar refractivity (Wildman–Crippen MR) is 93.4 cm³/mol. The fourth-order valence-corrected chi connectivity index (χ4v) is 3.00. The number of carbonyl (C=O) groups excluding carboxylic acids is 1. The summed E-state index contributed by atoms with van der Waals surface area (Å²) in [6.07, 6.45) is 14.1. The second-order valence-corrected chi connectivity index (χ2v) is 6.86. The Morgan fingerprint density at radius 1 is 0.900 bits per heavy atom. The Labute approximate surface area is 138 Å². The van der Waals surface area contributed by atoms with Gasteiger partial charge in [-0.05, 0) is 19.3 Å². The maximum Gasteiger partial charge on any atom is 0.317 e. The maximum absolute atomic E-state index is 11.5. The summed E-state index contributed by atoms with van der Waals surface area (Å²) in [6.45, 7) is 2.22. The van der Waals surface area contributed by atoms with Crippen LogP contribution in [-0.2, 0) is 8.98 Å². The van der Waals surface area contributed by atoms with Crippen LogP contribution in [0.15, 0.2) is 0 Å². The van der Waals surface area contributed by atoms with Crippen molar-refractivity contribution in [3.05, 3.63) is 0 Å². The highest BCUT2D eigenvalue weighted by Gasteiger charge is 2.03. The number of carbonyl (C=O) groups is 1. The summed E-state index contributed by atoms with van der Waals surface area (Å²) in [7, 11) is 0. The van der Waals surface area contributed by atoms with Crippen LogP contribution in [0.2, 0.25) is 0 Å². The lowest BCUT2D eigenvalue weighted by molar-refractivity contribution is -0.133. The van der Waals surface area contributed by atoms with Gasteiger partial charge in [0, 0.05) is 17.5 Å². The van der Waals surface area contributed by atoms with Gasteiger partial charge in [-0.1, -0.05) is 74.2 Å². The van der Waals surface area contributed by atoms with Gasteiger partial charge < -0.3 is 4.18 Å². The zero-order valence-corrected chi connectivity index (χ0v) is 15.4. The van der Waals surface area contributed by atoms with E-state index in [1.165, 1.54) is 63.4 Å². The Balaban J connectivity index is 3.12. The van der Waals surface area contributed by atoms with Gasteiger partial charge in [0.1, 0.15) is 0 Å². The largest absolute Gasteiger partial charge is 0.391 e. The van der Waals surface area contributed by atoms with Gasteiger partial charge in [-0.2, -0.15) is 0 Å². The molecule has 120 valence electrons. The van der Waals surface area contributed by atoms with Crippen LogP contribution in [0.5, 0.6) is 0 Å². The van der Waals surface area contributed by atoms with E-state index in [-0.39, 0.29) is 5.97 Å². The summed E-state index contributed by atoms with van der Waals surface area (Å²) >= 11 is 4.77. The van der Waals surface area contributed by atoms with Crippen LogP contribution in [0.1, 0.15) is 84.0 Å². The predicted octanol–water partition coefficient (Wildman–Crippen LogP) is 6.27. The molecule has 0 aliphatic heterocycles. The first-order valence-corrected chi connectivity index (χ1v) is 10.2. The zero-order chi connectivity index (χ0) is 14.9. The molecule has 0 aliphatic rings. The van der Waals surface area contributed by atoms with Gasteiger partial charge in [0.2, 0.25) is 0 Å². The minimum Gasteiger partial charge on any atom is -0.391 e. The monoisotopic (exact) mass is 366 g/mol. The zero-order valence-electron chi connectivity index (χ0n) is 13.0. The first-order chi connectivity index (χ1) is 9.81. The third kappa shape index (κ3) is 16.4. The van der Waals surface area contributed by atoms with Crippen LogP contribution >= 0.6 is 28.0 Å². The second-order valence-electron chi connectivity index (χ2n) is 5.25. The van der Waals surface area contributed by atoms with Crippen LogP contribution in [0.25, 0.3) is 0 Å². The molecule has 0 heterocycles. The number of hydrogen-bond donors (Lipinski definition) is 0. The summed E-state index contributed by atoms with van der Waals surface area (Å²) in [5.74, 6) is 0.904. The molecule has 0 bridgehead atoms. The van der Waals surface area contributed by atoms with Crippen LogP contribution in [0.3, 0.4) is 0 Å². The molecule has 2 nitrogen and oxygen atoms in total. The third-order valence-electron chi connectivity index (χ3n) is 3.25. The van der Waals surface area contributed by atoms with Crippen LogP contribution in [0.4, 0.5) is 0 Å². The van der Waals surface area contributed by atoms with E-state index in [9.17, 15) is 4.79 Å². The van der Waals surface area contributed by atoms with Gasteiger partial charge >= 0.3 is 5.97 Å². The molecule has 0 unspecified atom stereocenters. The SMILES string of the molecule is CCCCCCCCC(=O)OSCCCCCCCBr. The van der Waals surface area contributed by atoms with Crippen molar-refractivity contribution in [3.8, 4) is 0 Å². The molecule has 0 N–H and O–H groups in total. The maximum atomic E-state index is 11.5. The van der Waals surface area contributed by atoms with Gasteiger partial charge in [0.15, 0.2) is 0 Å². The van der Waals surface area contributed by atoms with Crippen LogP contribution in [-0.4, -0.2) is 17.1 Å². The van der Waals surface area contributed by atoms with E-state index < -0.39 is 0 Å². The minimum absolute atomic E-state index is 0.0372. The molecule has 0 atom stereocenters. The smallest absolute Gasteiger partial charge is 0.317 e. The van der Waals surface area contributed by atoms with Gasteiger partial charge in [0.25, 0.3) is 0 Å². The summed E-state index contributed by atoms with van der Waals surface area (Å²) < 4.78 is 5.17. The van der Waals surface area contributed by atoms with Crippen LogP contribution < -0.4 is 0 Å². The van der Waals surface area contributed by atoms with Crippen molar-refractivity contribution in [3.63, 3.8) is 0 Å². The molecule has 0 radical (unpaired) electrons. The molecule has 0 rings (SSSR count). The van der Waals surface area contributed by atoms with Crippen molar-refractivity contribution in [1.29, 1.82) is 0 Å². The standard InChI is InChI=1S/C16H31BrO2S/c1-2-3-4-5-7-10-13-16(18)19-20-15-12-9-6-8-11-14-17/h2-15H2,1H3. The summed E-state index contributed by atoms with van der Waals surface area (Å²) in [6, 6.07) is 0. The minimum atomic E-state index is -0.0372. The van der Waals surface area contributed by atoms with E-state index in [1.54, 1.807) is 0 Å². The lowest BCUT2D eigenvalue weighted by atomic mass is 10.1. The van der Waals surface area contributed by atoms with Crippen molar-refractivity contribution in [1.82, 2.24) is 0 Å². The molecule has 0 fully saturated rings. The first-order valence-electron chi connectivity index (χ1n) is 8.19. The molecule has 0 aliphatic carbocycles. The Morgan fingerprint density at radius 2 is 1.50 bits per heavy atom. The Kier molecular flexibility index (Phi) is 17.6. The fourth-order valence-electron chi connectivity index (χ4n) is 1.98. The summed E-state index contributed by atoms with van der Waals surface area (Å²) in [4.78, 5) is 11.5. The molecular formula is C16H31BrO2S. The summed E-state index contributed by atoms with van der Waals surface area (Å²) in [5, 5.41) is 1.11. The topological polar surface area (TPSA) is 26.3 Å². The van der Waals surface area contributed by atoms with Gasteiger partial charge in [-0.3, -0.25) is 4.79 Å². The Hall–Kier alpha value is 0.300. The average molecular weight is 367 g/mol. The molecular weight excluding hydrogens is 336 g/mol. The molecule has 0 spiro atoms. The molecule has 4 heteroatoms. The van der Waals surface area contributed by atoms with E-state index in [1.807, 2.05) is 0 Å². The van der Waals surface area contributed by atoms with E-state index in [4.69, 9.17) is 4.18 Å². The van der Waals surface area contributed by atoms with E-state index in [0.717, 1.165) is 30.3 Å². The number of halogens is 1. The molecule has 0 aromatic heterocycles. The molecule has 0 amide bonds. The van der Waals surface area contributed by atoms with Crippen molar-refractivity contribution in [2.75, 3.05) is 11.1 Å². The van der Waals surface area contributed by atoms with Crippen molar-refractivity contribution in [2.24, 2.45) is 0 Å². The second kappa shape index (κ2) is 17.4. The van der Waals surface area contributed by atoms with Crippen molar-refractivity contribution in [2.45, 2.75) is 84.0 Å². The number of unbranched alkanes of at least 4 members (excludes halogenated alkanes) is 9. The molecule has 0 aromatic rings. The highest BCUT2D eigenvalue weighted by atomic mass is 79.9. The Bertz CT molecular complexity index is 213. The lowest BCUT2D eigenvalue weighted by Crippen LogP contribution is -1.99. The quantitative estimate of drug-likeness (QED) is 0.194. The highest BCUT2D eigenvalue weighted by molar-refractivity contribution is 9.09. The van der Waals surface area contributed by atoms with E-state index in [2.05, 4.69) is 22.9 Å².